The third kappa shape index (κ3) is 4.08. The highest BCUT2D eigenvalue weighted by atomic mass is 35.5. The molecular weight excluding hydrogens is 264 g/mol. The van der Waals surface area contributed by atoms with E-state index in [-0.39, 0.29) is 18.3 Å². The van der Waals surface area contributed by atoms with E-state index in [1.165, 1.54) is 0 Å². The molecule has 1 aliphatic rings. The second-order valence-corrected chi connectivity index (χ2v) is 5.05. The van der Waals surface area contributed by atoms with Gasteiger partial charge >= 0.3 is 0 Å². The highest BCUT2D eigenvalue weighted by Gasteiger charge is 2.23. The fourth-order valence-electron chi connectivity index (χ4n) is 2.41. The van der Waals surface area contributed by atoms with Crippen LogP contribution in [-0.4, -0.2) is 54.4 Å². The van der Waals surface area contributed by atoms with Crippen molar-refractivity contribution in [2.24, 2.45) is 5.92 Å². The van der Waals surface area contributed by atoms with Gasteiger partial charge in [0.15, 0.2) is 0 Å². The molecule has 0 aromatic carbocycles. The number of anilines is 1. The lowest BCUT2D eigenvalue weighted by molar-refractivity contribution is 0.0768. The maximum Gasteiger partial charge on any atom is 0.272 e. The van der Waals surface area contributed by atoms with Crippen LogP contribution in [0.5, 0.6) is 0 Å². The van der Waals surface area contributed by atoms with Crippen molar-refractivity contribution in [1.29, 1.82) is 0 Å². The van der Waals surface area contributed by atoms with Crippen LogP contribution in [0, 0.1) is 5.92 Å². The molecule has 1 aromatic heterocycles. The zero-order valence-corrected chi connectivity index (χ0v) is 12.2. The molecule has 0 radical (unpaired) electrons. The van der Waals surface area contributed by atoms with E-state index in [1.807, 2.05) is 7.05 Å². The number of nitrogens with two attached hydrogens (primary N) is 1. The van der Waals surface area contributed by atoms with Crippen LogP contribution in [0.15, 0.2) is 18.2 Å². The van der Waals surface area contributed by atoms with E-state index < -0.39 is 0 Å². The number of carbonyl (C=O) groups excluding carboxylic acids is 1. The van der Waals surface area contributed by atoms with Crippen LogP contribution >= 0.6 is 12.4 Å². The first-order valence-electron chi connectivity index (χ1n) is 6.23. The maximum absolute atomic E-state index is 12.2. The van der Waals surface area contributed by atoms with Gasteiger partial charge in [-0.2, -0.15) is 0 Å². The number of rotatable bonds is 3. The molecule has 2 heterocycles. The van der Waals surface area contributed by atoms with E-state index in [2.05, 4.69) is 16.9 Å². The zero-order valence-electron chi connectivity index (χ0n) is 11.4. The van der Waals surface area contributed by atoms with Crippen LogP contribution in [0.1, 0.15) is 16.9 Å². The summed E-state index contributed by atoms with van der Waals surface area (Å²) in [6.07, 6.45) is 1.15. The van der Waals surface area contributed by atoms with E-state index in [0.717, 1.165) is 26.1 Å². The Bertz CT molecular complexity index is 440. The summed E-state index contributed by atoms with van der Waals surface area (Å²) in [5.41, 5.74) is 6.01. The number of nitrogen functional groups attached to an aromatic ring is 1. The Labute approximate surface area is 120 Å². The Morgan fingerprint density at radius 1 is 1.58 bits per heavy atom. The van der Waals surface area contributed by atoms with Gasteiger partial charge in [0.25, 0.3) is 5.91 Å². The Balaban J connectivity index is 0.00000180. The van der Waals surface area contributed by atoms with Crippen LogP contribution in [-0.2, 0) is 0 Å². The highest BCUT2D eigenvalue weighted by molar-refractivity contribution is 5.92. The second-order valence-electron chi connectivity index (χ2n) is 5.05. The molecule has 0 spiro atoms. The van der Waals surface area contributed by atoms with E-state index in [0.29, 0.717) is 17.4 Å². The first-order chi connectivity index (χ1) is 8.56. The third-order valence-corrected chi connectivity index (χ3v) is 3.36. The van der Waals surface area contributed by atoms with Gasteiger partial charge in [-0.1, -0.05) is 6.07 Å². The summed E-state index contributed by atoms with van der Waals surface area (Å²) in [7, 11) is 3.94. The van der Waals surface area contributed by atoms with Gasteiger partial charge in [-0.05, 0) is 38.1 Å². The molecule has 1 atom stereocenters. The van der Waals surface area contributed by atoms with Gasteiger partial charge in [0, 0.05) is 20.1 Å². The Morgan fingerprint density at radius 2 is 2.32 bits per heavy atom. The number of carbonyl (C=O) groups is 1. The first-order valence-corrected chi connectivity index (χ1v) is 6.23. The topological polar surface area (TPSA) is 62.5 Å². The van der Waals surface area contributed by atoms with Gasteiger partial charge in [0.05, 0.1) is 0 Å². The van der Waals surface area contributed by atoms with Gasteiger partial charge in [0.1, 0.15) is 11.5 Å². The molecular formula is C13H21ClN4O. The summed E-state index contributed by atoms with van der Waals surface area (Å²) in [6.45, 7) is 2.95. The van der Waals surface area contributed by atoms with Crippen LogP contribution in [0.25, 0.3) is 0 Å². The summed E-state index contributed by atoms with van der Waals surface area (Å²) >= 11 is 0. The normalized spacial score (nSPS) is 18.9. The van der Waals surface area contributed by atoms with E-state index in [9.17, 15) is 4.79 Å². The molecule has 1 fully saturated rings. The Hall–Kier alpha value is -1.33. The number of amides is 1. The minimum atomic E-state index is -0.0585. The fourth-order valence-corrected chi connectivity index (χ4v) is 2.41. The van der Waals surface area contributed by atoms with Gasteiger partial charge in [0.2, 0.25) is 0 Å². The lowest BCUT2D eigenvalue weighted by Crippen LogP contribution is -2.33. The molecule has 1 amide bonds. The predicted octanol–water partition coefficient (Wildman–Crippen LogP) is 1.11. The van der Waals surface area contributed by atoms with Crippen LogP contribution < -0.4 is 5.73 Å². The van der Waals surface area contributed by atoms with Crippen LogP contribution in [0.3, 0.4) is 0 Å². The molecule has 1 saturated heterocycles. The third-order valence-electron chi connectivity index (χ3n) is 3.36. The van der Waals surface area contributed by atoms with Crippen molar-refractivity contribution in [3.05, 3.63) is 23.9 Å². The van der Waals surface area contributed by atoms with Crippen molar-refractivity contribution in [3.63, 3.8) is 0 Å². The molecule has 0 aliphatic carbocycles. The summed E-state index contributed by atoms with van der Waals surface area (Å²) in [4.78, 5) is 20.3. The summed E-state index contributed by atoms with van der Waals surface area (Å²) in [6, 6.07) is 5.14. The van der Waals surface area contributed by atoms with Crippen LogP contribution in [0.4, 0.5) is 5.82 Å². The number of halogens is 1. The molecule has 106 valence electrons. The number of pyridine rings is 1. The lowest BCUT2D eigenvalue weighted by atomic mass is 10.1. The van der Waals surface area contributed by atoms with E-state index in [1.54, 1.807) is 23.1 Å². The molecule has 1 unspecified atom stereocenters. The van der Waals surface area contributed by atoms with Crippen molar-refractivity contribution >= 4 is 24.1 Å². The molecule has 0 bridgehead atoms. The molecule has 2 N–H and O–H groups in total. The average Bonchev–Trinajstić information content (AvgIpc) is 2.73. The van der Waals surface area contributed by atoms with E-state index in [4.69, 9.17) is 5.73 Å². The predicted molar refractivity (Wildman–Crippen MR) is 78.5 cm³/mol. The van der Waals surface area contributed by atoms with Crippen LogP contribution in [0.2, 0.25) is 0 Å². The molecule has 2 rings (SSSR count). The minimum absolute atomic E-state index is 0. The summed E-state index contributed by atoms with van der Waals surface area (Å²) < 4.78 is 0. The standard InChI is InChI=1S/C13H20N4O.ClH/c1-16-7-6-10(8-16)9-17(2)13(18)11-4-3-5-12(14)15-11;/h3-5,10H,6-9H2,1-2H3,(H2,14,15);1H. The smallest absolute Gasteiger partial charge is 0.272 e. The second kappa shape index (κ2) is 6.73. The minimum Gasteiger partial charge on any atom is -0.384 e. The van der Waals surface area contributed by atoms with Crippen molar-refractivity contribution in [2.75, 3.05) is 39.5 Å². The zero-order chi connectivity index (χ0) is 13.1. The monoisotopic (exact) mass is 284 g/mol. The Morgan fingerprint density at radius 3 is 2.89 bits per heavy atom. The number of hydrogen-bond donors (Lipinski definition) is 1. The van der Waals surface area contributed by atoms with Crippen molar-refractivity contribution < 1.29 is 4.79 Å². The highest BCUT2D eigenvalue weighted by Crippen LogP contribution is 2.16. The SMILES string of the molecule is CN1CCC(CN(C)C(=O)c2cccc(N)n2)C1.Cl. The maximum atomic E-state index is 12.2. The Kier molecular flexibility index (Phi) is 5.57. The quantitative estimate of drug-likeness (QED) is 0.903. The fraction of sp³-hybridized carbons (Fsp3) is 0.538. The van der Waals surface area contributed by atoms with Gasteiger partial charge < -0.3 is 15.5 Å². The van der Waals surface area contributed by atoms with Crippen molar-refractivity contribution in [1.82, 2.24) is 14.8 Å². The average molecular weight is 285 g/mol. The number of hydrogen-bond acceptors (Lipinski definition) is 4. The summed E-state index contributed by atoms with van der Waals surface area (Å²) in [5.74, 6) is 0.886. The lowest BCUT2D eigenvalue weighted by Gasteiger charge is -2.20. The summed E-state index contributed by atoms with van der Waals surface area (Å²) in [5, 5.41) is 0. The molecule has 1 aliphatic heterocycles. The van der Waals surface area contributed by atoms with Gasteiger partial charge in [-0.15, -0.1) is 12.4 Å². The van der Waals surface area contributed by atoms with Crippen molar-refractivity contribution in [2.45, 2.75) is 6.42 Å². The number of nitrogens with zero attached hydrogens (tertiary/aromatic N) is 3. The molecule has 5 nitrogen and oxygen atoms in total. The van der Waals surface area contributed by atoms with Crippen molar-refractivity contribution in [3.8, 4) is 0 Å². The van der Waals surface area contributed by atoms with Gasteiger partial charge in [-0.3, -0.25) is 4.79 Å². The van der Waals surface area contributed by atoms with Gasteiger partial charge in [-0.25, -0.2) is 4.98 Å². The molecule has 0 saturated carbocycles. The van der Waals surface area contributed by atoms with E-state index >= 15 is 0 Å². The number of aromatic nitrogens is 1. The molecule has 19 heavy (non-hydrogen) atoms. The molecule has 1 aromatic rings. The molecule has 6 heteroatoms. The first kappa shape index (κ1) is 15.7. The largest absolute Gasteiger partial charge is 0.384 e. The number of likely N-dealkylation sites (tertiary alicyclic amines) is 1.